The van der Waals surface area contributed by atoms with Crippen LogP contribution in [0.3, 0.4) is 0 Å². The van der Waals surface area contributed by atoms with E-state index in [2.05, 4.69) is 0 Å². The lowest BCUT2D eigenvalue weighted by Crippen LogP contribution is -2.41. The number of nitrogens with zero attached hydrogens (tertiary/aromatic N) is 1. The second-order valence-electron chi connectivity index (χ2n) is 4.34. The van der Waals surface area contributed by atoms with Crippen molar-refractivity contribution in [3.63, 3.8) is 0 Å². The number of aliphatic hydroxyl groups is 1. The van der Waals surface area contributed by atoms with Crippen molar-refractivity contribution >= 4 is 21.6 Å². The van der Waals surface area contributed by atoms with Gasteiger partial charge in [-0.05, 0) is 25.2 Å². The highest BCUT2D eigenvalue weighted by Gasteiger charge is 2.37. The van der Waals surface area contributed by atoms with E-state index in [4.69, 9.17) is 11.6 Å². The number of aliphatic hydroxyl groups excluding tert-OH is 1. The summed E-state index contributed by atoms with van der Waals surface area (Å²) in [6.07, 6.45) is 2.14. The van der Waals surface area contributed by atoms with E-state index in [1.165, 1.54) is 4.31 Å². The van der Waals surface area contributed by atoms with Crippen LogP contribution in [0.15, 0.2) is 0 Å². The highest BCUT2D eigenvalue weighted by molar-refractivity contribution is 7.89. The molecule has 1 heterocycles. The van der Waals surface area contributed by atoms with E-state index < -0.39 is 10.0 Å². The van der Waals surface area contributed by atoms with Gasteiger partial charge in [0.15, 0.2) is 0 Å². The van der Waals surface area contributed by atoms with E-state index in [1.54, 1.807) is 0 Å². The maximum Gasteiger partial charge on any atom is 0.214 e. The van der Waals surface area contributed by atoms with Crippen LogP contribution in [0.25, 0.3) is 0 Å². The lowest BCUT2D eigenvalue weighted by molar-refractivity contribution is 0.191. The molecule has 6 heteroatoms. The van der Waals surface area contributed by atoms with Crippen molar-refractivity contribution in [1.82, 2.24) is 4.31 Å². The molecule has 1 aliphatic heterocycles. The number of hydrogen-bond donors (Lipinski definition) is 1. The van der Waals surface area contributed by atoms with Gasteiger partial charge in [-0.1, -0.05) is 6.92 Å². The summed E-state index contributed by atoms with van der Waals surface area (Å²) in [5, 5.41) is 9.21. The Hall–Kier alpha value is 0.160. The average Bonchev–Trinajstić information content (AvgIpc) is 2.60. The summed E-state index contributed by atoms with van der Waals surface area (Å²) >= 11 is 5.52. The number of rotatable bonds is 6. The predicted molar refractivity (Wildman–Crippen MR) is 65.1 cm³/mol. The molecule has 1 aliphatic rings. The van der Waals surface area contributed by atoms with Crippen molar-refractivity contribution in [2.24, 2.45) is 5.92 Å². The number of unbranched alkanes of at least 4 members (excludes halogenated alkanes) is 1. The lowest BCUT2D eigenvalue weighted by atomic mass is 10.0. The first-order chi connectivity index (χ1) is 7.53. The van der Waals surface area contributed by atoms with Crippen molar-refractivity contribution in [1.29, 1.82) is 0 Å². The monoisotopic (exact) mass is 269 g/mol. The number of halogens is 1. The molecule has 0 bridgehead atoms. The minimum atomic E-state index is -3.21. The molecule has 1 N–H and O–H groups in total. The summed E-state index contributed by atoms with van der Waals surface area (Å²) in [5.74, 6) is 0.881. The van der Waals surface area contributed by atoms with Gasteiger partial charge in [-0.25, -0.2) is 8.42 Å². The fraction of sp³-hybridized carbons (Fsp3) is 1.00. The zero-order valence-corrected chi connectivity index (χ0v) is 11.2. The average molecular weight is 270 g/mol. The molecular formula is C10H20ClNO3S. The highest BCUT2D eigenvalue weighted by Crippen LogP contribution is 2.26. The van der Waals surface area contributed by atoms with Crippen LogP contribution >= 0.6 is 11.6 Å². The van der Waals surface area contributed by atoms with Crippen LogP contribution in [-0.2, 0) is 10.0 Å². The van der Waals surface area contributed by atoms with E-state index in [1.807, 2.05) is 6.92 Å². The smallest absolute Gasteiger partial charge is 0.214 e. The Morgan fingerprint density at radius 2 is 2.12 bits per heavy atom. The van der Waals surface area contributed by atoms with Crippen LogP contribution in [0.4, 0.5) is 0 Å². The lowest BCUT2D eigenvalue weighted by Gasteiger charge is -2.24. The van der Waals surface area contributed by atoms with Gasteiger partial charge in [-0.2, -0.15) is 4.31 Å². The predicted octanol–water partition coefficient (Wildman–Crippen LogP) is 1.04. The van der Waals surface area contributed by atoms with Gasteiger partial charge >= 0.3 is 0 Å². The molecule has 1 fully saturated rings. The SMILES string of the molecule is CC1CCN(S(=O)(=O)CCCCCl)C1CO. The first-order valence-electron chi connectivity index (χ1n) is 5.69. The molecule has 0 amide bonds. The number of hydrogen-bond acceptors (Lipinski definition) is 3. The first kappa shape index (κ1) is 14.2. The Bertz CT molecular complexity index is 307. The summed E-state index contributed by atoms with van der Waals surface area (Å²) in [7, 11) is -3.21. The molecule has 0 aromatic carbocycles. The van der Waals surface area contributed by atoms with Gasteiger partial charge in [0, 0.05) is 12.4 Å². The zero-order valence-electron chi connectivity index (χ0n) is 9.60. The number of sulfonamides is 1. The quantitative estimate of drug-likeness (QED) is 0.579. The van der Waals surface area contributed by atoms with Crippen LogP contribution < -0.4 is 0 Å². The standard InChI is InChI=1S/C10H20ClNO3S/c1-9-4-6-12(10(9)8-13)16(14,15)7-3-2-5-11/h9-10,13H,2-8H2,1H3. The molecule has 2 atom stereocenters. The highest BCUT2D eigenvalue weighted by atomic mass is 35.5. The molecule has 96 valence electrons. The van der Waals surface area contributed by atoms with Crippen molar-refractivity contribution in [3.8, 4) is 0 Å². The molecule has 0 aromatic rings. The van der Waals surface area contributed by atoms with Crippen LogP contribution in [0.5, 0.6) is 0 Å². The minimum Gasteiger partial charge on any atom is -0.395 e. The van der Waals surface area contributed by atoms with Gasteiger partial charge in [0.1, 0.15) is 0 Å². The third-order valence-corrected chi connectivity index (χ3v) is 5.40. The van der Waals surface area contributed by atoms with Crippen molar-refractivity contribution < 1.29 is 13.5 Å². The van der Waals surface area contributed by atoms with Gasteiger partial charge in [0.05, 0.1) is 18.4 Å². The molecule has 0 radical (unpaired) electrons. The Morgan fingerprint density at radius 3 is 2.69 bits per heavy atom. The zero-order chi connectivity index (χ0) is 12.2. The van der Waals surface area contributed by atoms with Gasteiger partial charge in [0.25, 0.3) is 0 Å². The molecule has 4 nitrogen and oxygen atoms in total. The summed E-state index contributed by atoms with van der Waals surface area (Å²) in [6.45, 7) is 2.43. The minimum absolute atomic E-state index is 0.0874. The van der Waals surface area contributed by atoms with Gasteiger partial charge in [0.2, 0.25) is 10.0 Å². The van der Waals surface area contributed by atoms with Gasteiger partial charge < -0.3 is 5.11 Å². The summed E-state index contributed by atoms with van der Waals surface area (Å²) in [6, 6.07) is -0.235. The summed E-state index contributed by atoms with van der Waals surface area (Å²) in [4.78, 5) is 0. The van der Waals surface area contributed by atoms with Crippen LogP contribution in [0.1, 0.15) is 26.2 Å². The maximum atomic E-state index is 12.0. The fourth-order valence-electron chi connectivity index (χ4n) is 2.09. The fourth-order valence-corrected chi connectivity index (χ4v) is 4.15. The normalized spacial score (nSPS) is 27.4. The Balaban J connectivity index is 2.61. The van der Waals surface area contributed by atoms with Crippen LogP contribution in [-0.4, -0.2) is 48.7 Å². The maximum absolute atomic E-state index is 12.0. The first-order valence-corrected chi connectivity index (χ1v) is 7.83. The third kappa shape index (κ3) is 3.32. The van der Waals surface area contributed by atoms with E-state index in [-0.39, 0.29) is 24.3 Å². The van der Waals surface area contributed by atoms with Crippen molar-refractivity contribution in [3.05, 3.63) is 0 Å². The Kier molecular flexibility index (Phi) is 5.50. The number of alkyl halides is 1. The van der Waals surface area contributed by atoms with E-state index >= 15 is 0 Å². The molecule has 2 unspecified atom stereocenters. The Morgan fingerprint density at radius 1 is 1.44 bits per heavy atom. The second kappa shape index (κ2) is 6.19. The third-order valence-electron chi connectivity index (χ3n) is 3.16. The molecule has 0 aliphatic carbocycles. The molecule has 16 heavy (non-hydrogen) atoms. The molecule has 0 spiro atoms. The van der Waals surface area contributed by atoms with Crippen LogP contribution in [0.2, 0.25) is 0 Å². The van der Waals surface area contributed by atoms with Crippen LogP contribution in [0, 0.1) is 5.92 Å². The van der Waals surface area contributed by atoms with Gasteiger partial charge in [-0.3, -0.25) is 0 Å². The second-order valence-corrected chi connectivity index (χ2v) is 6.76. The Labute approximate surface area is 103 Å². The molecule has 1 saturated heterocycles. The largest absolute Gasteiger partial charge is 0.395 e. The van der Waals surface area contributed by atoms with Gasteiger partial charge in [-0.15, -0.1) is 11.6 Å². The van der Waals surface area contributed by atoms with E-state index in [0.29, 0.717) is 25.3 Å². The van der Waals surface area contributed by atoms with Crippen molar-refractivity contribution in [2.45, 2.75) is 32.2 Å². The van der Waals surface area contributed by atoms with E-state index in [0.717, 1.165) is 6.42 Å². The molecule has 1 rings (SSSR count). The van der Waals surface area contributed by atoms with E-state index in [9.17, 15) is 13.5 Å². The molecule has 0 saturated carbocycles. The summed E-state index contributed by atoms with van der Waals surface area (Å²) in [5.41, 5.74) is 0. The van der Waals surface area contributed by atoms with Crippen molar-refractivity contribution in [2.75, 3.05) is 24.8 Å². The topological polar surface area (TPSA) is 57.6 Å². The molecule has 0 aromatic heterocycles. The molecular weight excluding hydrogens is 250 g/mol. The summed E-state index contributed by atoms with van der Waals surface area (Å²) < 4.78 is 25.5.